The highest BCUT2D eigenvalue weighted by atomic mass is 32.2. The van der Waals surface area contributed by atoms with Crippen LogP contribution in [0.4, 0.5) is 0 Å². The van der Waals surface area contributed by atoms with Crippen molar-refractivity contribution < 1.29 is 0 Å². The van der Waals surface area contributed by atoms with E-state index in [9.17, 15) is 0 Å². The molecule has 0 aliphatic carbocycles. The molecule has 2 unspecified atom stereocenters. The van der Waals surface area contributed by atoms with E-state index in [1.165, 1.54) is 25.1 Å². The molecule has 1 aromatic heterocycles. The molecule has 2 atom stereocenters. The van der Waals surface area contributed by atoms with Crippen LogP contribution < -0.4 is 5.73 Å². The summed E-state index contributed by atoms with van der Waals surface area (Å²) in [4.78, 5) is 0. The molecule has 0 saturated heterocycles. The van der Waals surface area contributed by atoms with Crippen LogP contribution in [0.5, 0.6) is 0 Å². The lowest BCUT2D eigenvalue weighted by Gasteiger charge is -2.21. The van der Waals surface area contributed by atoms with E-state index in [1.807, 2.05) is 11.8 Å². The van der Waals surface area contributed by atoms with Gasteiger partial charge in [-0.25, -0.2) is 0 Å². The van der Waals surface area contributed by atoms with E-state index in [0.29, 0.717) is 5.25 Å². The van der Waals surface area contributed by atoms with E-state index in [-0.39, 0.29) is 6.04 Å². The highest BCUT2D eigenvalue weighted by Crippen LogP contribution is 2.29. The molecule has 0 aromatic carbocycles. The molecule has 2 N–H and O–H groups in total. The van der Waals surface area contributed by atoms with Gasteiger partial charge in [-0.05, 0) is 25.7 Å². The second kappa shape index (κ2) is 7.29. The Balaban J connectivity index is 2.07. The topological polar surface area (TPSA) is 56.7 Å². The predicted molar refractivity (Wildman–Crippen MR) is 80.4 cm³/mol. The summed E-state index contributed by atoms with van der Waals surface area (Å²) in [6.45, 7) is 5.48. The molecule has 0 saturated carbocycles. The van der Waals surface area contributed by atoms with Crippen LogP contribution in [0.3, 0.4) is 0 Å². The number of thioether (sulfide) groups is 1. The first kappa shape index (κ1) is 14.9. The summed E-state index contributed by atoms with van der Waals surface area (Å²) in [5.41, 5.74) is 6.28. The second-order valence-corrected chi connectivity index (χ2v) is 6.58. The number of nitrogens with zero attached hydrogens (tertiary/aromatic N) is 3. The van der Waals surface area contributed by atoms with Gasteiger partial charge < -0.3 is 10.3 Å². The zero-order valence-electron chi connectivity index (χ0n) is 12.1. The summed E-state index contributed by atoms with van der Waals surface area (Å²) in [7, 11) is 0. The first-order chi connectivity index (χ1) is 9.26. The third kappa shape index (κ3) is 3.72. The number of rotatable bonds is 6. The standard InChI is InChI=1S/C14H26N4S/c1-3-8-11(15)12(4-2)19-14-17-16-13-9-6-5-7-10-18(13)14/h11-12H,3-10,15H2,1-2H3. The van der Waals surface area contributed by atoms with E-state index >= 15 is 0 Å². The second-order valence-electron chi connectivity index (χ2n) is 5.38. The van der Waals surface area contributed by atoms with Crippen LogP contribution in [-0.2, 0) is 13.0 Å². The minimum absolute atomic E-state index is 0.263. The van der Waals surface area contributed by atoms with Crippen LogP contribution in [0.2, 0.25) is 0 Å². The smallest absolute Gasteiger partial charge is 0.191 e. The molecule has 4 nitrogen and oxygen atoms in total. The van der Waals surface area contributed by atoms with Crippen molar-refractivity contribution in [1.82, 2.24) is 14.8 Å². The molecule has 0 amide bonds. The molecule has 0 fully saturated rings. The molecule has 0 radical (unpaired) electrons. The summed E-state index contributed by atoms with van der Waals surface area (Å²) in [5, 5.41) is 10.3. The molecule has 0 spiro atoms. The molecule has 0 bridgehead atoms. The predicted octanol–water partition coefficient (Wildman–Crippen LogP) is 3.00. The maximum atomic E-state index is 6.28. The van der Waals surface area contributed by atoms with Crippen molar-refractivity contribution in [2.45, 2.75) is 81.8 Å². The number of aromatic nitrogens is 3. The minimum atomic E-state index is 0.263. The van der Waals surface area contributed by atoms with Gasteiger partial charge in [0.25, 0.3) is 0 Å². The molecule has 5 heteroatoms. The summed E-state index contributed by atoms with van der Waals surface area (Å²) in [6.07, 6.45) is 8.20. The molecule has 2 rings (SSSR count). The van der Waals surface area contributed by atoms with Crippen molar-refractivity contribution >= 4 is 11.8 Å². The van der Waals surface area contributed by atoms with Gasteiger partial charge in [-0.2, -0.15) is 0 Å². The van der Waals surface area contributed by atoms with Crippen molar-refractivity contribution in [1.29, 1.82) is 0 Å². The summed E-state index contributed by atoms with van der Waals surface area (Å²) < 4.78 is 2.32. The number of nitrogens with two attached hydrogens (primary N) is 1. The summed E-state index contributed by atoms with van der Waals surface area (Å²) in [6, 6.07) is 0.263. The van der Waals surface area contributed by atoms with Crippen LogP contribution in [-0.4, -0.2) is 26.1 Å². The van der Waals surface area contributed by atoms with Gasteiger partial charge in [0.2, 0.25) is 0 Å². The lowest BCUT2D eigenvalue weighted by Crippen LogP contribution is -2.32. The number of aryl methyl sites for hydroxylation is 1. The Morgan fingerprint density at radius 2 is 2.11 bits per heavy atom. The van der Waals surface area contributed by atoms with Gasteiger partial charge in [-0.3, -0.25) is 0 Å². The fraction of sp³-hybridized carbons (Fsp3) is 0.857. The molecule has 1 aromatic rings. The Labute approximate surface area is 120 Å². The van der Waals surface area contributed by atoms with E-state index in [0.717, 1.165) is 37.4 Å². The van der Waals surface area contributed by atoms with E-state index in [2.05, 4.69) is 28.6 Å². The van der Waals surface area contributed by atoms with Crippen molar-refractivity contribution in [3.63, 3.8) is 0 Å². The number of hydrogen-bond acceptors (Lipinski definition) is 4. The van der Waals surface area contributed by atoms with Crippen molar-refractivity contribution in [2.24, 2.45) is 5.73 Å². The Morgan fingerprint density at radius 1 is 1.26 bits per heavy atom. The van der Waals surface area contributed by atoms with Gasteiger partial charge in [0, 0.05) is 24.3 Å². The summed E-state index contributed by atoms with van der Waals surface area (Å²) >= 11 is 1.83. The van der Waals surface area contributed by atoms with Crippen molar-refractivity contribution in [2.75, 3.05) is 0 Å². The lowest BCUT2D eigenvalue weighted by atomic mass is 10.1. The van der Waals surface area contributed by atoms with E-state index in [1.54, 1.807) is 0 Å². The maximum absolute atomic E-state index is 6.28. The Kier molecular flexibility index (Phi) is 5.70. The average Bonchev–Trinajstić information content (AvgIpc) is 2.63. The van der Waals surface area contributed by atoms with Crippen LogP contribution in [0, 0.1) is 0 Å². The first-order valence-electron chi connectivity index (χ1n) is 7.60. The van der Waals surface area contributed by atoms with Gasteiger partial charge in [0.05, 0.1) is 0 Å². The SMILES string of the molecule is CCCC(N)C(CC)Sc1nnc2n1CCCCC2. The van der Waals surface area contributed by atoms with Gasteiger partial charge >= 0.3 is 0 Å². The third-order valence-electron chi connectivity index (χ3n) is 3.83. The molecule has 108 valence electrons. The van der Waals surface area contributed by atoms with Crippen LogP contribution in [0.1, 0.15) is 58.2 Å². The average molecular weight is 282 g/mol. The zero-order chi connectivity index (χ0) is 13.7. The van der Waals surface area contributed by atoms with E-state index in [4.69, 9.17) is 5.73 Å². The van der Waals surface area contributed by atoms with Crippen LogP contribution in [0.25, 0.3) is 0 Å². The Bertz CT molecular complexity index is 391. The van der Waals surface area contributed by atoms with Gasteiger partial charge in [-0.1, -0.05) is 38.5 Å². The lowest BCUT2D eigenvalue weighted by molar-refractivity contribution is 0.558. The molecule has 19 heavy (non-hydrogen) atoms. The third-order valence-corrected chi connectivity index (χ3v) is 5.33. The van der Waals surface area contributed by atoms with Gasteiger partial charge in [0.15, 0.2) is 5.16 Å². The highest BCUT2D eigenvalue weighted by molar-refractivity contribution is 7.99. The van der Waals surface area contributed by atoms with Crippen LogP contribution >= 0.6 is 11.8 Å². The van der Waals surface area contributed by atoms with Gasteiger partial charge in [0.1, 0.15) is 5.82 Å². The fourth-order valence-electron chi connectivity index (χ4n) is 2.67. The van der Waals surface area contributed by atoms with E-state index < -0.39 is 0 Å². The minimum Gasteiger partial charge on any atom is -0.327 e. The number of hydrogen-bond donors (Lipinski definition) is 1. The maximum Gasteiger partial charge on any atom is 0.191 e. The molecule has 1 aliphatic rings. The molecule has 1 aliphatic heterocycles. The quantitative estimate of drug-likeness (QED) is 0.815. The Hall–Kier alpha value is -0.550. The van der Waals surface area contributed by atoms with Crippen LogP contribution in [0.15, 0.2) is 5.16 Å². The largest absolute Gasteiger partial charge is 0.327 e. The molecular weight excluding hydrogens is 256 g/mol. The van der Waals surface area contributed by atoms with Gasteiger partial charge in [-0.15, -0.1) is 10.2 Å². The zero-order valence-corrected chi connectivity index (χ0v) is 13.0. The normalized spacial score (nSPS) is 18.7. The van der Waals surface area contributed by atoms with Crippen molar-refractivity contribution in [3.05, 3.63) is 5.82 Å². The van der Waals surface area contributed by atoms with Crippen molar-refractivity contribution in [3.8, 4) is 0 Å². The number of fused-ring (bicyclic) bond motifs is 1. The molecular formula is C14H26N4S. The summed E-state index contributed by atoms with van der Waals surface area (Å²) in [5.74, 6) is 1.17. The first-order valence-corrected chi connectivity index (χ1v) is 8.48. The Morgan fingerprint density at radius 3 is 2.84 bits per heavy atom. The highest BCUT2D eigenvalue weighted by Gasteiger charge is 2.22. The molecule has 2 heterocycles. The fourth-order valence-corrected chi connectivity index (χ4v) is 3.83. The monoisotopic (exact) mass is 282 g/mol.